The van der Waals surface area contributed by atoms with Gasteiger partial charge in [-0.25, -0.2) is 0 Å². The van der Waals surface area contributed by atoms with Crippen LogP contribution in [0.1, 0.15) is 37.7 Å². The minimum Gasteiger partial charge on any atom is -0.385 e. The summed E-state index contributed by atoms with van der Waals surface area (Å²) in [7, 11) is 0.918. The molecule has 3 heteroatoms. The summed E-state index contributed by atoms with van der Waals surface area (Å²) >= 11 is 0. The summed E-state index contributed by atoms with van der Waals surface area (Å²) < 4.78 is 0. The quantitative estimate of drug-likeness (QED) is 0.849. The molecule has 2 fully saturated rings. The third kappa shape index (κ3) is 2.83. The Morgan fingerprint density at radius 3 is 2.33 bits per heavy atom. The molecular weight excluding hydrogens is 274 g/mol. The van der Waals surface area contributed by atoms with Gasteiger partial charge in [0.05, 0.1) is 13.7 Å². The topological polar surface area (TPSA) is 23.5 Å². The van der Waals surface area contributed by atoms with Gasteiger partial charge in [-0.05, 0) is 38.3 Å². The van der Waals surface area contributed by atoms with Crippen LogP contribution in [0.15, 0.2) is 24.3 Å². The number of piperidine rings is 2. The van der Waals surface area contributed by atoms with Gasteiger partial charge in [0.25, 0.3) is 0 Å². The van der Waals surface area contributed by atoms with Gasteiger partial charge in [0, 0.05) is 12.1 Å². The number of hydrogen-bond acceptors (Lipinski definition) is 2. The van der Waals surface area contributed by atoms with Gasteiger partial charge in [-0.3, -0.25) is 0 Å². The predicted octanol–water partition coefficient (Wildman–Crippen LogP) is 3.07. The fourth-order valence-corrected chi connectivity index (χ4v) is 5.35. The lowest BCUT2D eigenvalue weighted by Crippen LogP contribution is -2.55. The lowest BCUT2D eigenvalue weighted by molar-refractivity contribution is -0.0874. The minimum atomic E-state index is -1.32. The van der Waals surface area contributed by atoms with Crippen LogP contribution in [-0.2, 0) is 5.60 Å². The Labute approximate surface area is 130 Å². The van der Waals surface area contributed by atoms with E-state index < -0.39 is 13.7 Å². The molecule has 2 bridgehead atoms. The summed E-state index contributed by atoms with van der Waals surface area (Å²) in [6.45, 7) is 7.12. The molecular formula is C18H29NOSi. The summed E-state index contributed by atoms with van der Waals surface area (Å²) in [6.07, 6.45) is 5.60. The Kier molecular flexibility index (Phi) is 3.79. The van der Waals surface area contributed by atoms with Crippen molar-refractivity contribution in [2.24, 2.45) is 0 Å². The molecule has 116 valence electrons. The van der Waals surface area contributed by atoms with Crippen molar-refractivity contribution in [2.75, 3.05) is 7.05 Å². The SMILES string of the molecule is CN1C2CCCC1CC(O)(c1cccc([Si](C)(C)C)c1)C2. The van der Waals surface area contributed by atoms with Gasteiger partial charge in [0.1, 0.15) is 0 Å². The molecule has 2 aliphatic heterocycles. The maximum absolute atomic E-state index is 11.3. The van der Waals surface area contributed by atoms with Crippen molar-refractivity contribution in [2.45, 2.75) is 69.4 Å². The first-order valence-corrected chi connectivity index (χ1v) is 11.8. The van der Waals surface area contributed by atoms with Crippen molar-refractivity contribution in [3.05, 3.63) is 29.8 Å². The van der Waals surface area contributed by atoms with E-state index in [4.69, 9.17) is 0 Å². The molecule has 2 aliphatic rings. The summed E-state index contributed by atoms with van der Waals surface area (Å²) in [6, 6.07) is 9.94. The van der Waals surface area contributed by atoms with E-state index in [0.717, 1.165) is 18.4 Å². The van der Waals surface area contributed by atoms with Crippen molar-refractivity contribution in [1.82, 2.24) is 4.90 Å². The van der Waals surface area contributed by atoms with Crippen molar-refractivity contribution >= 4 is 13.3 Å². The van der Waals surface area contributed by atoms with Gasteiger partial charge >= 0.3 is 0 Å². The molecule has 0 aliphatic carbocycles. The molecule has 2 saturated heterocycles. The summed E-state index contributed by atoms with van der Waals surface area (Å²) in [5.74, 6) is 0. The number of aliphatic hydroxyl groups is 1. The molecule has 1 aromatic rings. The number of benzene rings is 1. The maximum Gasteiger partial charge on any atom is 0.0926 e. The molecule has 0 radical (unpaired) electrons. The summed E-state index contributed by atoms with van der Waals surface area (Å²) in [4.78, 5) is 2.51. The smallest absolute Gasteiger partial charge is 0.0926 e. The first-order valence-electron chi connectivity index (χ1n) is 8.35. The van der Waals surface area contributed by atoms with E-state index in [-0.39, 0.29) is 0 Å². The van der Waals surface area contributed by atoms with E-state index in [1.807, 2.05) is 0 Å². The maximum atomic E-state index is 11.3. The highest BCUT2D eigenvalue weighted by Crippen LogP contribution is 2.43. The predicted molar refractivity (Wildman–Crippen MR) is 91.7 cm³/mol. The zero-order valence-corrected chi connectivity index (χ0v) is 14.9. The Balaban J connectivity index is 1.93. The molecule has 21 heavy (non-hydrogen) atoms. The van der Waals surface area contributed by atoms with Crippen LogP contribution in [-0.4, -0.2) is 37.2 Å². The van der Waals surface area contributed by atoms with E-state index in [9.17, 15) is 5.11 Å². The highest BCUT2D eigenvalue weighted by molar-refractivity contribution is 6.88. The average molecular weight is 304 g/mol. The van der Waals surface area contributed by atoms with Gasteiger partial charge in [-0.1, -0.05) is 55.5 Å². The van der Waals surface area contributed by atoms with Crippen LogP contribution in [0.3, 0.4) is 0 Å². The van der Waals surface area contributed by atoms with Gasteiger partial charge in [0.15, 0.2) is 0 Å². The lowest BCUT2D eigenvalue weighted by Gasteiger charge is -2.51. The molecule has 1 aromatic carbocycles. The van der Waals surface area contributed by atoms with E-state index in [1.165, 1.54) is 24.4 Å². The average Bonchev–Trinajstić information content (AvgIpc) is 2.40. The molecule has 0 saturated carbocycles. The summed E-state index contributed by atoms with van der Waals surface area (Å²) in [5.41, 5.74) is 0.546. The Hall–Kier alpha value is -0.643. The second-order valence-electron chi connectivity index (χ2n) is 8.17. The third-order valence-electron chi connectivity index (χ3n) is 5.64. The fourth-order valence-electron chi connectivity index (χ4n) is 4.16. The standard InChI is InChI=1S/C18H29NOSi/c1-19-15-8-6-9-16(19)13-18(20,12-15)14-7-5-10-17(11-14)21(2,3)4/h5,7,10-11,15-16,20H,6,8-9,12-13H2,1-4H3. The monoisotopic (exact) mass is 303 g/mol. The van der Waals surface area contributed by atoms with Crippen molar-refractivity contribution in [3.8, 4) is 0 Å². The second kappa shape index (κ2) is 5.22. The van der Waals surface area contributed by atoms with E-state index in [2.05, 4.69) is 55.9 Å². The molecule has 2 atom stereocenters. The molecule has 0 aromatic heterocycles. The highest BCUT2D eigenvalue weighted by atomic mass is 28.3. The fraction of sp³-hybridized carbons (Fsp3) is 0.667. The Morgan fingerprint density at radius 1 is 1.14 bits per heavy atom. The van der Waals surface area contributed by atoms with Crippen LogP contribution >= 0.6 is 0 Å². The van der Waals surface area contributed by atoms with Crippen molar-refractivity contribution in [1.29, 1.82) is 0 Å². The third-order valence-corrected chi connectivity index (χ3v) is 7.68. The largest absolute Gasteiger partial charge is 0.385 e. The molecule has 0 spiro atoms. The molecule has 3 rings (SSSR count). The zero-order valence-electron chi connectivity index (χ0n) is 13.9. The van der Waals surface area contributed by atoms with Gasteiger partial charge < -0.3 is 10.0 Å². The van der Waals surface area contributed by atoms with Gasteiger partial charge in [0.2, 0.25) is 0 Å². The van der Waals surface area contributed by atoms with E-state index >= 15 is 0 Å². The molecule has 0 amide bonds. The number of fused-ring (bicyclic) bond motifs is 2. The first kappa shape index (κ1) is 15.3. The van der Waals surface area contributed by atoms with Crippen LogP contribution in [0.4, 0.5) is 0 Å². The number of rotatable bonds is 2. The number of hydrogen-bond donors (Lipinski definition) is 1. The van der Waals surface area contributed by atoms with Crippen LogP contribution in [0.2, 0.25) is 19.6 Å². The zero-order chi connectivity index (χ0) is 15.3. The van der Waals surface area contributed by atoms with Crippen LogP contribution in [0.5, 0.6) is 0 Å². The van der Waals surface area contributed by atoms with Gasteiger partial charge in [-0.2, -0.15) is 0 Å². The molecule has 2 nitrogen and oxygen atoms in total. The molecule has 2 heterocycles. The van der Waals surface area contributed by atoms with E-state index in [1.54, 1.807) is 0 Å². The van der Waals surface area contributed by atoms with Crippen molar-refractivity contribution in [3.63, 3.8) is 0 Å². The minimum absolute atomic E-state index is 0.554. The molecule has 1 N–H and O–H groups in total. The Bertz CT molecular complexity index is 508. The number of nitrogens with zero attached hydrogens (tertiary/aromatic N) is 1. The Morgan fingerprint density at radius 2 is 1.76 bits per heavy atom. The van der Waals surface area contributed by atoms with Crippen molar-refractivity contribution < 1.29 is 5.11 Å². The highest BCUT2D eigenvalue weighted by Gasteiger charge is 2.44. The van der Waals surface area contributed by atoms with Crippen LogP contribution in [0, 0.1) is 0 Å². The summed E-state index contributed by atoms with van der Waals surface area (Å²) in [5, 5.41) is 12.8. The first-order chi connectivity index (χ1) is 9.79. The van der Waals surface area contributed by atoms with Crippen LogP contribution in [0.25, 0.3) is 0 Å². The second-order valence-corrected chi connectivity index (χ2v) is 13.3. The lowest BCUT2D eigenvalue weighted by atomic mass is 9.73. The van der Waals surface area contributed by atoms with E-state index in [0.29, 0.717) is 12.1 Å². The normalized spacial score (nSPS) is 34.0. The van der Waals surface area contributed by atoms with Crippen LogP contribution < -0.4 is 5.19 Å². The molecule has 2 unspecified atom stereocenters. The van der Waals surface area contributed by atoms with Gasteiger partial charge in [-0.15, -0.1) is 0 Å².